The van der Waals surface area contributed by atoms with Crippen LogP contribution in [0.15, 0.2) is 36.4 Å². The Labute approximate surface area is 241 Å². The Morgan fingerprint density at radius 2 is 1.93 bits per heavy atom. The Balaban J connectivity index is 1.38. The maximum absolute atomic E-state index is 13.7. The SMILES string of the molecule is C[C@@H]1CN([C@@H](C)CO)C(=O)c2cccc(NC(=O)NC3CCCCC3)c2O[C@H]1CN(C)Cc1ccc2c(c1)OCO2. The molecule has 5 rings (SSSR count). The van der Waals surface area contributed by atoms with E-state index in [-0.39, 0.29) is 49.4 Å². The Morgan fingerprint density at radius 1 is 1.15 bits per heavy atom. The van der Waals surface area contributed by atoms with Gasteiger partial charge in [-0.15, -0.1) is 0 Å². The fraction of sp³-hybridized carbons (Fsp3) is 0.548. The summed E-state index contributed by atoms with van der Waals surface area (Å²) in [6.07, 6.45) is 5.08. The molecule has 222 valence electrons. The Morgan fingerprint density at radius 3 is 2.71 bits per heavy atom. The average Bonchev–Trinajstić information content (AvgIpc) is 3.43. The van der Waals surface area contributed by atoms with Crippen LogP contribution in [0.2, 0.25) is 0 Å². The Kier molecular flexibility index (Phi) is 9.19. The lowest BCUT2D eigenvalue weighted by Gasteiger charge is -2.38. The summed E-state index contributed by atoms with van der Waals surface area (Å²) < 4.78 is 17.6. The van der Waals surface area contributed by atoms with Gasteiger partial charge >= 0.3 is 6.03 Å². The van der Waals surface area contributed by atoms with Crippen LogP contribution in [0, 0.1) is 5.92 Å². The first-order chi connectivity index (χ1) is 19.8. The highest BCUT2D eigenvalue weighted by Gasteiger charge is 2.35. The molecular weight excluding hydrogens is 524 g/mol. The summed E-state index contributed by atoms with van der Waals surface area (Å²) in [6, 6.07) is 10.7. The predicted octanol–water partition coefficient (Wildman–Crippen LogP) is 4.22. The molecule has 2 aromatic rings. The van der Waals surface area contributed by atoms with Crippen LogP contribution in [-0.4, -0.2) is 78.6 Å². The van der Waals surface area contributed by atoms with Crippen LogP contribution in [0.25, 0.3) is 0 Å². The minimum atomic E-state index is -0.367. The molecule has 1 aliphatic carbocycles. The van der Waals surface area contributed by atoms with Gasteiger partial charge in [-0.2, -0.15) is 0 Å². The van der Waals surface area contributed by atoms with Gasteiger partial charge in [0.2, 0.25) is 6.79 Å². The van der Waals surface area contributed by atoms with Crippen LogP contribution in [0.3, 0.4) is 0 Å². The molecule has 3 atom stereocenters. The van der Waals surface area contributed by atoms with E-state index < -0.39 is 0 Å². The molecule has 41 heavy (non-hydrogen) atoms. The maximum atomic E-state index is 13.7. The first kappa shape index (κ1) is 29.0. The number of para-hydroxylation sites is 1. The number of hydrogen-bond donors (Lipinski definition) is 3. The molecule has 1 saturated carbocycles. The molecule has 2 aliphatic heterocycles. The fourth-order valence-electron chi connectivity index (χ4n) is 5.87. The second-order valence-corrected chi connectivity index (χ2v) is 11.6. The Bertz CT molecular complexity index is 1230. The Hall–Kier alpha value is -3.50. The zero-order valence-electron chi connectivity index (χ0n) is 24.2. The minimum absolute atomic E-state index is 0.0515. The van der Waals surface area contributed by atoms with Crippen molar-refractivity contribution >= 4 is 17.6 Å². The molecule has 3 amide bonds. The zero-order valence-corrected chi connectivity index (χ0v) is 24.2. The maximum Gasteiger partial charge on any atom is 0.319 e. The molecule has 2 aromatic carbocycles. The zero-order chi connectivity index (χ0) is 28.9. The fourth-order valence-corrected chi connectivity index (χ4v) is 5.87. The number of carbonyl (C=O) groups is 2. The van der Waals surface area contributed by atoms with E-state index in [1.54, 1.807) is 23.1 Å². The topological polar surface area (TPSA) is 113 Å². The lowest BCUT2D eigenvalue weighted by Crippen LogP contribution is -2.50. The quantitative estimate of drug-likeness (QED) is 0.439. The number of carbonyl (C=O) groups excluding carboxylic acids is 2. The molecule has 1 fully saturated rings. The van der Waals surface area contributed by atoms with E-state index in [2.05, 4.69) is 22.5 Å². The summed E-state index contributed by atoms with van der Waals surface area (Å²) in [5.41, 5.74) is 1.91. The highest BCUT2D eigenvalue weighted by atomic mass is 16.7. The molecule has 0 aromatic heterocycles. The number of nitrogens with one attached hydrogen (secondary N) is 2. The van der Waals surface area contributed by atoms with Crippen molar-refractivity contribution in [1.29, 1.82) is 0 Å². The molecule has 0 bridgehead atoms. The number of urea groups is 1. The molecule has 0 radical (unpaired) electrons. The van der Waals surface area contributed by atoms with Crippen molar-refractivity contribution in [3.8, 4) is 17.2 Å². The van der Waals surface area contributed by atoms with Gasteiger partial charge in [0.1, 0.15) is 6.10 Å². The second kappa shape index (κ2) is 13.0. The van der Waals surface area contributed by atoms with E-state index in [4.69, 9.17) is 14.2 Å². The number of aliphatic hydroxyl groups excluding tert-OH is 1. The highest BCUT2D eigenvalue weighted by Crippen LogP contribution is 2.36. The van der Waals surface area contributed by atoms with Crippen LogP contribution in [-0.2, 0) is 6.54 Å². The molecule has 2 heterocycles. The molecule has 10 nitrogen and oxygen atoms in total. The van der Waals surface area contributed by atoms with Crippen molar-refractivity contribution in [2.75, 3.05) is 38.9 Å². The monoisotopic (exact) mass is 566 g/mol. The summed E-state index contributed by atoms with van der Waals surface area (Å²) in [7, 11) is 2.03. The number of likely N-dealkylation sites (N-methyl/N-ethyl adjacent to an activating group) is 1. The van der Waals surface area contributed by atoms with E-state index in [0.29, 0.717) is 36.6 Å². The molecule has 3 aliphatic rings. The van der Waals surface area contributed by atoms with Crippen molar-refractivity contribution in [1.82, 2.24) is 15.1 Å². The summed E-state index contributed by atoms with van der Waals surface area (Å²) in [5.74, 6) is 1.58. The third-order valence-corrected chi connectivity index (χ3v) is 8.26. The van der Waals surface area contributed by atoms with E-state index >= 15 is 0 Å². The third-order valence-electron chi connectivity index (χ3n) is 8.26. The number of hydrogen-bond acceptors (Lipinski definition) is 7. The van der Waals surface area contributed by atoms with E-state index in [1.165, 1.54) is 6.42 Å². The number of anilines is 1. The van der Waals surface area contributed by atoms with E-state index in [1.807, 2.05) is 32.2 Å². The first-order valence-electron chi connectivity index (χ1n) is 14.7. The molecule has 0 unspecified atom stereocenters. The number of nitrogens with zero attached hydrogens (tertiary/aromatic N) is 2. The van der Waals surface area contributed by atoms with Gasteiger partial charge in [0.25, 0.3) is 5.91 Å². The van der Waals surface area contributed by atoms with Gasteiger partial charge in [0.15, 0.2) is 17.2 Å². The van der Waals surface area contributed by atoms with Crippen molar-refractivity contribution in [2.45, 2.75) is 70.7 Å². The summed E-state index contributed by atoms with van der Waals surface area (Å²) in [4.78, 5) is 30.6. The molecule has 3 N–H and O–H groups in total. The molecule has 0 saturated heterocycles. The van der Waals surface area contributed by atoms with Gasteiger partial charge in [-0.05, 0) is 56.6 Å². The number of fused-ring (bicyclic) bond motifs is 2. The van der Waals surface area contributed by atoms with Gasteiger partial charge in [0, 0.05) is 31.6 Å². The molecular formula is C31H42N4O6. The molecule has 0 spiro atoms. The number of ether oxygens (including phenoxy) is 3. The van der Waals surface area contributed by atoms with Crippen LogP contribution in [0.4, 0.5) is 10.5 Å². The van der Waals surface area contributed by atoms with Crippen molar-refractivity contribution < 1.29 is 28.9 Å². The van der Waals surface area contributed by atoms with Gasteiger partial charge in [0.05, 0.1) is 23.9 Å². The number of benzene rings is 2. The van der Waals surface area contributed by atoms with Crippen LogP contribution in [0.5, 0.6) is 17.2 Å². The van der Waals surface area contributed by atoms with Gasteiger partial charge in [-0.3, -0.25) is 9.69 Å². The normalized spacial score (nSPS) is 21.5. The van der Waals surface area contributed by atoms with Gasteiger partial charge in [-0.1, -0.05) is 38.3 Å². The third kappa shape index (κ3) is 6.87. The van der Waals surface area contributed by atoms with Crippen LogP contribution < -0.4 is 24.8 Å². The van der Waals surface area contributed by atoms with E-state index in [0.717, 1.165) is 42.7 Å². The van der Waals surface area contributed by atoms with Crippen LogP contribution in [0.1, 0.15) is 61.9 Å². The largest absolute Gasteiger partial charge is 0.486 e. The minimum Gasteiger partial charge on any atom is -0.486 e. The smallest absolute Gasteiger partial charge is 0.319 e. The summed E-state index contributed by atoms with van der Waals surface area (Å²) in [6.45, 7) is 5.65. The number of amides is 3. The van der Waals surface area contributed by atoms with Gasteiger partial charge in [-0.25, -0.2) is 4.79 Å². The van der Waals surface area contributed by atoms with Gasteiger partial charge < -0.3 is 34.9 Å². The number of aliphatic hydroxyl groups is 1. The predicted molar refractivity (Wildman–Crippen MR) is 156 cm³/mol. The molecule has 10 heteroatoms. The van der Waals surface area contributed by atoms with Crippen molar-refractivity contribution in [3.05, 3.63) is 47.5 Å². The summed E-state index contributed by atoms with van der Waals surface area (Å²) in [5, 5.41) is 16.0. The first-order valence-corrected chi connectivity index (χ1v) is 14.7. The standard InChI is InChI=1S/C31H42N4O6/c1-20-15-35(21(2)18-36)30(37)24-10-7-11-25(33-31(38)32-23-8-5-4-6-9-23)29(24)41-28(20)17-34(3)16-22-12-13-26-27(14-22)40-19-39-26/h7,10-14,20-21,23,28,36H,4-6,8-9,15-19H2,1-3H3,(H2,32,33,38)/t20-,21+,28+/m1/s1. The van der Waals surface area contributed by atoms with Crippen LogP contribution >= 0.6 is 0 Å². The summed E-state index contributed by atoms with van der Waals surface area (Å²) >= 11 is 0. The highest BCUT2D eigenvalue weighted by molar-refractivity contribution is 6.01. The lowest BCUT2D eigenvalue weighted by molar-refractivity contribution is 0.0343. The average molecular weight is 567 g/mol. The number of rotatable bonds is 8. The lowest BCUT2D eigenvalue weighted by atomic mass is 9.96. The van der Waals surface area contributed by atoms with Crippen molar-refractivity contribution in [2.24, 2.45) is 5.92 Å². The van der Waals surface area contributed by atoms with E-state index in [9.17, 15) is 14.7 Å². The van der Waals surface area contributed by atoms with Crippen molar-refractivity contribution in [3.63, 3.8) is 0 Å². The second-order valence-electron chi connectivity index (χ2n) is 11.6.